The molecule has 0 saturated heterocycles. The molecule has 1 aromatic heterocycles. The van der Waals surface area contributed by atoms with E-state index in [2.05, 4.69) is 4.98 Å². The van der Waals surface area contributed by atoms with Gasteiger partial charge in [-0.3, -0.25) is 4.57 Å². The Balaban J connectivity index is 2.39. The Labute approximate surface area is 106 Å². The van der Waals surface area contributed by atoms with Crippen LogP contribution in [0.25, 0.3) is 16.7 Å². The van der Waals surface area contributed by atoms with Crippen molar-refractivity contribution in [1.29, 1.82) is 0 Å². The third-order valence-corrected chi connectivity index (χ3v) is 2.81. The van der Waals surface area contributed by atoms with Crippen LogP contribution in [-0.4, -0.2) is 9.55 Å². The van der Waals surface area contributed by atoms with Crippen LogP contribution in [0.3, 0.4) is 0 Å². The minimum Gasteiger partial charge on any atom is -0.369 e. The van der Waals surface area contributed by atoms with Gasteiger partial charge in [-0.2, -0.15) is 0 Å². The number of fused-ring (bicyclic) bond motifs is 1. The van der Waals surface area contributed by atoms with Gasteiger partial charge in [0.2, 0.25) is 5.95 Å². The highest BCUT2D eigenvalue weighted by atomic mass is 19.2. The molecule has 96 valence electrons. The summed E-state index contributed by atoms with van der Waals surface area (Å²) in [5.41, 5.74) is 6.27. The van der Waals surface area contributed by atoms with Gasteiger partial charge in [0.15, 0.2) is 11.6 Å². The van der Waals surface area contributed by atoms with E-state index in [1.807, 2.05) is 0 Å². The summed E-state index contributed by atoms with van der Waals surface area (Å²) >= 11 is 0. The molecule has 0 aliphatic carbocycles. The second-order valence-corrected chi connectivity index (χ2v) is 4.01. The molecule has 1 heterocycles. The molecule has 3 rings (SSSR count). The molecule has 0 aliphatic heterocycles. The summed E-state index contributed by atoms with van der Waals surface area (Å²) in [6.45, 7) is 0. The first kappa shape index (κ1) is 11.6. The summed E-state index contributed by atoms with van der Waals surface area (Å²) in [6, 6.07) is 7.51. The summed E-state index contributed by atoms with van der Waals surface area (Å²) in [5, 5.41) is 0. The van der Waals surface area contributed by atoms with Crippen molar-refractivity contribution in [2.24, 2.45) is 0 Å². The second kappa shape index (κ2) is 4.01. The lowest BCUT2D eigenvalue weighted by atomic mass is 10.2. The maximum absolute atomic E-state index is 13.8. The van der Waals surface area contributed by atoms with Crippen molar-refractivity contribution in [3.63, 3.8) is 0 Å². The van der Waals surface area contributed by atoms with Crippen LogP contribution in [0.4, 0.5) is 19.1 Å². The number of nitrogen functional groups attached to an aromatic ring is 1. The van der Waals surface area contributed by atoms with E-state index in [0.717, 1.165) is 6.07 Å². The van der Waals surface area contributed by atoms with E-state index in [9.17, 15) is 13.2 Å². The molecule has 6 heteroatoms. The normalized spacial score (nSPS) is 11.1. The zero-order chi connectivity index (χ0) is 13.6. The minimum atomic E-state index is -1.06. The zero-order valence-corrected chi connectivity index (χ0v) is 9.57. The molecule has 0 fully saturated rings. The summed E-state index contributed by atoms with van der Waals surface area (Å²) in [4.78, 5) is 3.99. The molecule has 2 aromatic carbocycles. The summed E-state index contributed by atoms with van der Waals surface area (Å²) in [7, 11) is 0. The van der Waals surface area contributed by atoms with Gasteiger partial charge in [-0.05, 0) is 24.3 Å². The highest BCUT2D eigenvalue weighted by molar-refractivity contribution is 5.80. The Bertz CT molecular complexity index is 780. The van der Waals surface area contributed by atoms with E-state index >= 15 is 0 Å². The molecule has 0 atom stereocenters. The maximum Gasteiger partial charge on any atom is 0.206 e. The molecule has 0 bridgehead atoms. The highest BCUT2D eigenvalue weighted by Crippen LogP contribution is 2.26. The number of hydrogen-bond donors (Lipinski definition) is 1. The number of hydrogen-bond acceptors (Lipinski definition) is 2. The van der Waals surface area contributed by atoms with E-state index < -0.39 is 17.5 Å². The molecule has 2 N–H and O–H groups in total. The molecule has 0 saturated carbocycles. The number of nitrogens with two attached hydrogens (primary N) is 1. The first-order valence-electron chi connectivity index (χ1n) is 5.46. The van der Waals surface area contributed by atoms with Crippen molar-refractivity contribution in [2.45, 2.75) is 0 Å². The Morgan fingerprint density at radius 3 is 2.63 bits per heavy atom. The second-order valence-electron chi connectivity index (χ2n) is 4.01. The first-order valence-corrected chi connectivity index (χ1v) is 5.46. The van der Waals surface area contributed by atoms with Crippen molar-refractivity contribution in [3.8, 4) is 5.69 Å². The van der Waals surface area contributed by atoms with Crippen LogP contribution in [0.15, 0.2) is 36.4 Å². The monoisotopic (exact) mass is 263 g/mol. The lowest BCUT2D eigenvalue weighted by Crippen LogP contribution is -2.04. The first-order chi connectivity index (χ1) is 9.08. The average Bonchev–Trinajstić information content (AvgIpc) is 2.69. The smallest absolute Gasteiger partial charge is 0.206 e. The lowest BCUT2D eigenvalue weighted by molar-refractivity contribution is 0.505. The van der Waals surface area contributed by atoms with E-state index in [0.29, 0.717) is 5.52 Å². The van der Waals surface area contributed by atoms with Crippen LogP contribution >= 0.6 is 0 Å². The lowest BCUT2D eigenvalue weighted by Gasteiger charge is -2.08. The van der Waals surface area contributed by atoms with Crippen molar-refractivity contribution in [2.75, 3.05) is 5.73 Å². The molecule has 3 aromatic rings. The number of benzene rings is 2. The standard InChI is InChI=1S/C13H8F3N3/c14-7-4-5-9-11(6-7)19(13(17)18-9)10-3-1-2-8(15)12(10)16/h1-6H,(H2,17,18). The number of rotatable bonds is 1. The number of halogens is 3. The predicted molar refractivity (Wildman–Crippen MR) is 65.4 cm³/mol. The fraction of sp³-hybridized carbons (Fsp3) is 0. The van der Waals surface area contributed by atoms with Gasteiger partial charge in [0.05, 0.1) is 16.7 Å². The number of anilines is 1. The maximum atomic E-state index is 13.8. The van der Waals surface area contributed by atoms with Crippen LogP contribution in [0.1, 0.15) is 0 Å². The summed E-state index contributed by atoms with van der Waals surface area (Å²) < 4.78 is 41.5. The Kier molecular flexibility index (Phi) is 2.45. The molecule has 0 amide bonds. The van der Waals surface area contributed by atoms with Crippen LogP contribution in [0, 0.1) is 17.5 Å². The third-order valence-electron chi connectivity index (χ3n) is 2.81. The van der Waals surface area contributed by atoms with Crippen molar-refractivity contribution in [1.82, 2.24) is 9.55 Å². The quantitative estimate of drug-likeness (QED) is 0.733. The van der Waals surface area contributed by atoms with Gasteiger partial charge in [-0.15, -0.1) is 0 Å². The summed E-state index contributed by atoms with van der Waals surface area (Å²) in [6.07, 6.45) is 0. The molecule has 19 heavy (non-hydrogen) atoms. The highest BCUT2D eigenvalue weighted by Gasteiger charge is 2.16. The minimum absolute atomic E-state index is 0.0369. The molecular weight excluding hydrogens is 255 g/mol. The Morgan fingerprint density at radius 2 is 1.84 bits per heavy atom. The van der Waals surface area contributed by atoms with Crippen molar-refractivity contribution < 1.29 is 13.2 Å². The fourth-order valence-corrected chi connectivity index (χ4v) is 1.99. The number of nitrogens with zero attached hydrogens (tertiary/aromatic N) is 2. The van der Waals surface area contributed by atoms with Crippen molar-refractivity contribution in [3.05, 3.63) is 53.8 Å². The van der Waals surface area contributed by atoms with Crippen LogP contribution in [-0.2, 0) is 0 Å². The van der Waals surface area contributed by atoms with E-state index in [1.165, 1.54) is 34.9 Å². The predicted octanol–water partition coefficient (Wildman–Crippen LogP) is 3.03. The average molecular weight is 263 g/mol. The largest absolute Gasteiger partial charge is 0.369 e. The Hall–Kier alpha value is -2.50. The van der Waals surface area contributed by atoms with Crippen LogP contribution in [0.2, 0.25) is 0 Å². The fourth-order valence-electron chi connectivity index (χ4n) is 1.99. The third kappa shape index (κ3) is 1.72. The molecule has 0 radical (unpaired) electrons. The van der Waals surface area contributed by atoms with Crippen LogP contribution in [0.5, 0.6) is 0 Å². The van der Waals surface area contributed by atoms with Gasteiger partial charge in [0, 0.05) is 6.07 Å². The molecule has 0 aliphatic rings. The van der Waals surface area contributed by atoms with Crippen molar-refractivity contribution >= 4 is 17.0 Å². The molecular formula is C13H8F3N3. The van der Waals surface area contributed by atoms with Gasteiger partial charge >= 0.3 is 0 Å². The van der Waals surface area contributed by atoms with E-state index in [4.69, 9.17) is 5.73 Å². The van der Waals surface area contributed by atoms with Crippen LogP contribution < -0.4 is 5.73 Å². The number of aromatic nitrogens is 2. The Morgan fingerprint density at radius 1 is 1.05 bits per heavy atom. The van der Waals surface area contributed by atoms with Gasteiger partial charge in [-0.25, -0.2) is 18.2 Å². The van der Waals surface area contributed by atoms with Gasteiger partial charge in [0.1, 0.15) is 5.82 Å². The zero-order valence-electron chi connectivity index (χ0n) is 9.57. The molecule has 0 unspecified atom stereocenters. The molecule has 0 spiro atoms. The van der Waals surface area contributed by atoms with Gasteiger partial charge in [-0.1, -0.05) is 6.07 Å². The number of imidazole rings is 1. The van der Waals surface area contributed by atoms with Gasteiger partial charge in [0.25, 0.3) is 0 Å². The van der Waals surface area contributed by atoms with E-state index in [-0.39, 0.29) is 17.2 Å². The SMILES string of the molecule is Nc1nc2ccc(F)cc2n1-c1cccc(F)c1F. The topological polar surface area (TPSA) is 43.8 Å². The summed E-state index contributed by atoms with van der Waals surface area (Å²) in [5.74, 6) is -2.61. The van der Waals surface area contributed by atoms with Gasteiger partial charge < -0.3 is 5.73 Å². The molecule has 3 nitrogen and oxygen atoms in total. The van der Waals surface area contributed by atoms with E-state index in [1.54, 1.807) is 0 Å².